The first-order chi connectivity index (χ1) is 10.8. The van der Waals surface area contributed by atoms with Gasteiger partial charge in [0.05, 0.1) is 15.3 Å². The summed E-state index contributed by atoms with van der Waals surface area (Å²) in [5, 5.41) is 2.95. The van der Waals surface area contributed by atoms with Crippen molar-refractivity contribution >= 4 is 33.0 Å². The fourth-order valence-electron chi connectivity index (χ4n) is 2.66. The van der Waals surface area contributed by atoms with Crippen LogP contribution in [0.3, 0.4) is 0 Å². The van der Waals surface area contributed by atoms with E-state index in [-0.39, 0.29) is 15.8 Å². The molecule has 1 aliphatic carbocycles. The van der Waals surface area contributed by atoms with Crippen molar-refractivity contribution in [3.63, 3.8) is 0 Å². The molecule has 1 N–H and O–H groups in total. The number of hydrogen-bond acceptors (Lipinski definition) is 3. The van der Waals surface area contributed by atoms with Gasteiger partial charge in [0, 0.05) is 11.9 Å². The van der Waals surface area contributed by atoms with Crippen molar-refractivity contribution in [2.75, 3.05) is 11.6 Å². The molecule has 1 aliphatic rings. The molecule has 2 aromatic carbocycles. The molecule has 4 nitrogen and oxygen atoms in total. The minimum Gasteiger partial charge on any atom is -0.325 e. The molecule has 1 amide bonds. The van der Waals surface area contributed by atoms with Gasteiger partial charge >= 0.3 is 0 Å². The summed E-state index contributed by atoms with van der Waals surface area (Å²) < 4.78 is 23.1. The van der Waals surface area contributed by atoms with Crippen molar-refractivity contribution in [2.45, 2.75) is 23.2 Å². The molecule has 6 heteroatoms. The van der Waals surface area contributed by atoms with Gasteiger partial charge in [0.2, 0.25) is 5.91 Å². The van der Waals surface area contributed by atoms with E-state index in [0.29, 0.717) is 5.69 Å². The van der Waals surface area contributed by atoms with Gasteiger partial charge in [-0.05, 0) is 36.6 Å². The molecule has 1 saturated carbocycles. The summed E-state index contributed by atoms with van der Waals surface area (Å²) in [4.78, 5) is 12.7. The van der Waals surface area contributed by atoms with Crippen LogP contribution in [0, 0.1) is 0 Å². The van der Waals surface area contributed by atoms with Crippen LogP contribution in [0.2, 0.25) is 5.02 Å². The molecule has 0 radical (unpaired) electrons. The monoisotopic (exact) mass is 349 g/mol. The van der Waals surface area contributed by atoms with Crippen LogP contribution < -0.4 is 5.32 Å². The molecule has 120 valence electrons. The molecule has 3 rings (SSSR count). The summed E-state index contributed by atoms with van der Waals surface area (Å²) in [5.41, 5.74) is 1.01. The van der Waals surface area contributed by atoms with E-state index in [9.17, 15) is 13.2 Å². The molecule has 23 heavy (non-hydrogen) atoms. The molecule has 0 aromatic heterocycles. The Hall–Kier alpha value is -1.85. The number of nitrogens with one attached hydrogen (secondary N) is 1. The largest absolute Gasteiger partial charge is 0.325 e. The Morgan fingerprint density at radius 2 is 1.78 bits per heavy atom. The molecule has 0 saturated heterocycles. The highest BCUT2D eigenvalue weighted by Gasteiger charge is 2.51. The molecule has 0 aliphatic heterocycles. The number of carbonyl (C=O) groups excluding carboxylic acids is 1. The standard InChI is InChI=1S/C17H16ClNO3S/c1-23(21,22)15-8-7-13(11-14(15)18)19-16(20)17(9-10-17)12-5-3-2-4-6-12/h2-8,11H,9-10H2,1H3,(H,19,20). The molecule has 0 unspecified atom stereocenters. The summed E-state index contributed by atoms with van der Waals surface area (Å²) in [7, 11) is -3.38. The minimum absolute atomic E-state index is 0.0568. The van der Waals surface area contributed by atoms with Gasteiger partial charge < -0.3 is 5.32 Å². The average molecular weight is 350 g/mol. The number of sulfone groups is 1. The zero-order valence-corrected chi connectivity index (χ0v) is 14.1. The van der Waals surface area contributed by atoms with Gasteiger partial charge in [-0.2, -0.15) is 0 Å². The topological polar surface area (TPSA) is 63.2 Å². The first-order valence-electron chi connectivity index (χ1n) is 7.19. The number of halogens is 1. The van der Waals surface area contributed by atoms with Crippen LogP contribution in [-0.2, 0) is 20.0 Å². The predicted molar refractivity (Wildman–Crippen MR) is 90.5 cm³/mol. The molecule has 0 heterocycles. The van der Waals surface area contributed by atoms with Crippen LogP contribution in [0.5, 0.6) is 0 Å². The molecule has 0 atom stereocenters. The third kappa shape index (κ3) is 3.12. The summed E-state index contributed by atoms with van der Waals surface area (Å²) in [5.74, 6) is -0.0909. The van der Waals surface area contributed by atoms with Crippen molar-refractivity contribution < 1.29 is 13.2 Å². The van der Waals surface area contributed by atoms with Gasteiger partial charge in [-0.1, -0.05) is 41.9 Å². The van der Waals surface area contributed by atoms with Crippen LogP contribution in [0.1, 0.15) is 18.4 Å². The maximum absolute atomic E-state index is 12.6. The van der Waals surface area contributed by atoms with Gasteiger partial charge in [0.25, 0.3) is 0 Å². The number of carbonyl (C=O) groups is 1. The van der Waals surface area contributed by atoms with Crippen LogP contribution in [0.25, 0.3) is 0 Å². The summed E-state index contributed by atoms with van der Waals surface area (Å²) >= 11 is 6.01. The van der Waals surface area contributed by atoms with Crippen molar-refractivity contribution in [3.8, 4) is 0 Å². The maximum atomic E-state index is 12.6. The van der Waals surface area contributed by atoms with Gasteiger partial charge in [0.15, 0.2) is 9.84 Å². The molecule has 2 aromatic rings. The van der Waals surface area contributed by atoms with Crippen LogP contribution in [0.4, 0.5) is 5.69 Å². The first-order valence-corrected chi connectivity index (χ1v) is 9.46. The van der Waals surface area contributed by atoms with Crippen molar-refractivity contribution in [1.82, 2.24) is 0 Å². The lowest BCUT2D eigenvalue weighted by Crippen LogP contribution is -2.27. The van der Waals surface area contributed by atoms with Crippen molar-refractivity contribution in [1.29, 1.82) is 0 Å². The normalized spacial score (nSPS) is 15.9. The second-order valence-electron chi connectivity index (χ2n) is 5.82. The smallest absolute Gasteiger partial charge is 0.235 e. The highest BCUT2D eigenvalue weighted by molar-refractivity contribution is 7.90. The van der Waals surface area contributed by atoms with Gasteiger partial charge in [0.1, 0.15) is 0 Å². The van der Waals surface area contributed by atoms with E-state index in [1.807, 2.05) is 30.3 Å². The van der Waals surface area contributed by atoms with Crippen LogP contribution in [-0.4, -0.2) is 20.6 Å². The predicted octanol–water partition coefficient (Wildman–Crippen LogP) is 3.41. The molecular weight excluding hydrogens is 334 g/mol. The minimum atomic E-state index is -3.38. The SMILES string of the molecule is CS(=O)(=O)c1ccc(NC(=O)C2(c3ccccc3)CC2)cc1Cl. The Labute approximate surface area is 140 Å². The van der Waals surface area contributed by atoms with Crippen LogP contribution in [0.15, 0.2) is 53.4 Å². The fourth-order valence-corrected chi connectivity index (χ4v) is 3.99. The molecule has 1 fully saturated rings. The first kappa shape index (κ1) is 16.0. The molecule has 0 spiro atoms. The third-order valence-corrected chi connectivity index (χ3v) is 5.68. The molecular formula is C17H16ClNO3S. The second kappa shape index (κ2) is 5.65. The molecule has 0 bridgehead atoms. The Morgan fingerprint density at radius 1 is 1.13 bits per heavy atom. The lowest BCUT2D eigenvalue weighted by molar-refractivity contribution is -0.118. The zero-order valence-electron chi connectivity index (χ0n) is 12.5. The van der Waals surface area contributed by atoms with E-state index in [0.717, 1.165) is 24.7 Å². The Balaban J connectivity index is 1.83. The number of hydrogen-bond donors (Lipinski definition) is 1. The number of benzene rings is 2. The van der Waals surface area contributed by atoms with Gasteiger partial charge in [-0.25, -0.2) is 8.42 Å². The quantitative estimate of drug-likeness (QED) is 0.920. The lowest BCUT2D eigenvalue weighted by atomic mass is 9.95. The average Bonchev–Trinajstić information content (AvgIpc) is 3.28. The number of amides is 1. The Bertz CT molecular complexity index is 859. The summed E-state index contributed by atoms with van der Waals surface area (Å²) in [6, 6.07) is 14.1. The number of rotatable bonds is 4. The van der Waals surface area contributed by atoms with E-state index in [4.69, 9.17) is 11.6 Å². The summed E-state index contributed by atoms with van der Waals surface area (Å²) in [6.07, 6.45) is 2.71. The van der Waals surface area contributed by atoms with Crippen LogP contribution >= 0.6 is 11.6 Å². The fraction of sp³-hybridized carbons (Fsp3) is 0.235. The Kier molecular flexibility index (Phi) is 3.94. The van der Waals surface area contributed by atoms with Crippen molar-refractivity contribution in [2.24, 2.45) is 0 Å². The maximum Gasteiger partial charge on any atom is 0.235 e. The Morgan fingerprint density at radius 3 is 2.30 bits per heavy atom. The summed E-state index contributed by atoms with van der Waals surface area (Å²) in [6.45, 7) is 0. The van der Waals surface area contributed by atoms with Crippen molar-refractivity contribution in [3.05, 3.63) is 59.1 Å². The van der Waals surface area contributed by atoms with E-state index in [2.05, 4.69) is 5.32 Å². The van der Waals surface area contributed by atoms with Gasteiger partial charge in [-0.3, -0.25) is 4.79 Å². The zero-order chi connectivity index (χ0) is 16.7. The highest BCUT2D eigenvalue weighted by atomic mass is 35.5. The van der Waals surface area contributed by atoms with E-state index in [1.54, 1.807) is 6.07 Å². The second-order valence-corrected chi connectivity index (χ2v) is 8.21. The number of anilines is 1. The van der Waals surface area contributed by atoms with E-state index in [1.165, 1.54) is 12.1 Å². The van der Waals surface area contributed by atoms with E-state index >= 15 is 0 Å². The van der Waals surface area contributed by atoms with E-state index < -0.39 is 15.3 Å². The highest BCUT2D eigenvalue weighted by Crippen LogP contribution is 2.49. The lowest BCUT2D eigenvalue weighted by Gasteiger charge is -2.16. The third-order valence-electron chi connectivity index (χ3n) is 4.10. The van der Waals surface area contributed by atoms with Gasteiger partial charge in [-0.15, -0.1) is 0 Å².